The van der Waals surface area contributed by atoms with Crippen LogP contribution in [0.1, 0.15) is 133 Å². The van der Waals surface area contributed by atoms with Crippen LogP contribution in [0.25, 0.3) is 0 Å². The maximum absolute atomic E-state index is 2.46. The van der Waals surface area contributed by atoms with Crippen LogP contribution in [0.3, 0.4) is 0 Å². The molecule has 0 saturated heterocycles. The molecule has 1 rings (SSSR count). The summed E-state index contributed by atoms with van der Waals surface area (Å²) in [6, 6.07) is 7.19. The van der Waals surface area contributed by atoms with Crippen LogP contribution in [0.5, 0.6) is 0 Å². The van der Waals surface area contributed by atoms with Crippen molar-refractivity contribution in [3.05, 3.63) is 34.9 Å². The molecular formula is C27H48. The van der Waals surface area contributed by atoms with Crippen molar-refractivity contribution in [3.8, 4) is 0 Å². The van der Waals surface area contributed by atoms with Gasteiger partial charge in [-0.15, -0.1) is 0 Å². The maximum atomic E-state index is 2.46. The van der Waals surface area contributed by atoms with Crippen LogP contribution in [0.4, 0.5) is 0 Å². The van der Waals surface area contributed by atoms with E-state index in [1.807, 2.05) is 0 Å². The molecule has 0 fully saturated rings. The zero-order valence-corrected chi connectivity index (χ0v) is 19.0. The van der Waals surface area contributed by atoms with E-state index in [4.69, 9.17) is 0 Å². The van der Waals surface area contributed by atoms with E-state index >= 15 is 0 Å². The minimum absolute atomic E-state index is 1.29. The summed E-state index contributed by atoms with van der Waals surface area (Å²) in [4.78, 5) is 0. The zero-order valence-electron chi connectivity index (χ0n) is 19.0. The van der Waals surface area contributed by atoms with Gasteiger partial charge in [-0.05, 0) is 43.7 Å². The normalized spacial score (nSPS) is 11.2. The summed E-state index contributed by atoms with van der Waals surface area (Å²) < 4.78 is 0. The molecule has 0 amide bonds. The van der Waals surface area contributed by atoms with Gasteiger partial charge in [0.25, 0.3) is 0 Å². The Labute approximate surface area is 171 Å². The number of benzene rings is 1. The highest BCUT2D eigenvalue weighted by Crippen LogP contribution is 2.19. The van der Waals surface area contributed by atoms with Crippen molar-refractivity contribution < 1.29 is 0 Å². The molecule has 1 aromatic carbocycles. The van der Waals surface area contributed by atoms with E-state index in [2.05, 4.69) is 39.0 Å². The Kier molecular flexibility index (Phi) is 15.6. The Morgan fingerprint density at radius 1 is 0.481 bits per heavy atom. The Bertz CT molecular complexity index is 445. The lowest BCUT2D eigenvalue weighted by Crippen LogP contribution is -1.97. The summed E-state index contributed by atoms with van der Waals surface area (Å²) in [5, 5.41) is 0. The average Bonchev–Trinajstić information content (AvgIpc) is 2.67. The van der Waals surface area contributed by atoms with E-state index < -0.39 is 0 Å². The summed E-state index contributed by atoms with van der Waals surface area (Å²) >= 11 is 0. The molecule has 0 aliphatic rings. The fraction of sp³-hybridized carbons (Fsp3) is 0.778. The second-order valence-corrected chi connectivity index (χ2v) is 8.72. The van der Waals surface area contributed by atoms with Gasteiger partial charge in [-0.1, -0.05) is 128 Å². The zero-order chi connectivity index (χ0) is 19.6. The third-order valence-corrected chi connectivity index (χ3v) is 5.96. The first-order valence-electron chi connectivity index (χ1n) is 12.4. The van der Waals surface area contributed by atoms with E-state index in [1.54, 1.807) is 11.1 Å². The first kappa shape index (κ1) is 24.3. The number of rotatable bonds is 18. The molecule has 0 aliphatic heterocycles. The van der Waals surface area contributed by atoms with E-state index in [9.17, 15) is 0 Å². The summed E-state index contributed by atoms with van der Waals surface area (Å²) in [6.07, 6.45) is 25.3. The van der Waals surface area contributed by atoms with Crippen molar-refractivity contribution in [2.24, 2.45) is 0 Å². The van der Waals surface area contributed by atoms with Gasteiger partial charge in [0.15, 0.2) is 0 Å². The number of hydrogen-bond donors (Lipinski definition) is 0. The quantitative estimate of drug-likeness (QED) is 0.225. The Balaban J connectivity index is 2.19. The molecule has 0 bridgehead atoms. The molecule has 0 saturated carbocycles. The van der Waals surface area contributed by atoms with Crippen LogP contribution >= 0.6 is 0 Å². The Morgan fingerprint density at radius 2 is 0.889 bits per heavy atom. The van der Waals surface area contributed by atoms with Crippen molar-refractivity contribution in [1.29, 1.82) is 0 Å². The summed E-state index contributed by atoms with van der Waals surface area (Å²) in [5.41, 5.74) is 4.71. The topological polar surface area (TPSA) is 0 Å². The molecule has 0 N–H and O–H groups in total. The van der Waals surface area contributed by atoms with Crippen molar-refractivity contribution in [1.82, 2.24) is 0 Å². The van der Waals surface area contributed by atoms with Crippen LogP contribution in [0.2, 0.25) is 0 Å². The standard InChI is InChI=1S/C27H48/c1-4-6-8-10-12-14-16-18-20-26-23-22-25(3)24-27(26)21-19-17-15-13-11-9-7-5-2/h22-24H,4-21H2,1-3H3. The third-order valence-electron chi connectivity index (χ3n) is 5.96. The molecule has 156 valence electrons. The molecule has 0 nitrogen and oxygen atoms in total. The molecule has 0 aromatic heterocycles. The first-order chi connectivity index (χ1) is 13.3. The molecule has 0 unspecified atom stereocenters. The molecule has 0 spiro atoms. The number of unbranched alkanes of at least 4 members (excludes halogenated alkanes) is 14. The monoisotopic (exact) mass is 372 g/mol. The van der Waals surface area contributed by atoms with Crippen molar-refractivity contribution in [2.75, 3.05) is 0 Å². The SMILES string of the molecule is CCCCCCCCCCc1ccc(C)cc1CCCCCCCCCC. The van der Waals surface area contributed by atoms with Crippen LogP contribution in [-0.2, 0) is 12.8 Å². The minimum Gasteiger partial charge on any atom is -0.0654 e. The van der Waals surface area contributed by atoms with Gasteiger partial charge >= 0.3 is 0 Å². The van der Waals surface area contributed by atoms with E-state index in [0.29, 0.717) is 0 Å². The minimum atomic E-state index is 1.29. The highest BCUT2D eigenvalue weighted by Gasteiger charge is 2.04. The smallest absolute Gasteiger partial charge is 0.0276 e. The predicted octanol–water partition coefficient (Wildman–Crippen LogP) is 9.36. The first-order valence-corrected chi connectivity index (χ1v) is 12.4. The molecule has 0 radical (unpaired) electrons. The largest absolute Gasteiger partial charge is 0.0654 e. The molecule has 0 atom stereocenters. The Hall–Kier alpha value is -0.780. The molecule has 0 heterocycles. The van der Waals surface area contributed by atoms with Gasteiger partial charge in [-0.2, -0.15) is 0 Å². The second kappa shape index (κ2) is 17.3. The van der Waals surface area contributed by atoms with Gasteiger partial charge in [0.1, 0.15) is 0 Å². The molecule has 1 aromatic rings. The van der Waals surface area contributed by atoms with Crippen LogP contribution in [0, 0.1) is 6.92 Å². The fourth-order valence-electron chi connectivity index (χ4n) is 4.13. The van der Waals surface area contributed by atoms with Crippen LogP contribution < -0.4 is 0 Å². The number of hydrogen-bond acceptors (Lipinski definition) is 0. The lowest BCUT2D eigenvalue weighted by molar-refractivity contribution is 0.570. The van der Waals surface area contributed by atoms with Crippen molar-refractivity contribution in [2.45, 2.75) is 136 Å². The predicted molar refractivity (Wildman–Crippen MR) is 124 cm³/mol. The van der Waals surface area contributed by atoms with Crippen LogP contribution in [-0.4, -0.2) is 0 Å². The van der Waals surface area contributed by atoms with Gasteiger partial charge in [-0.3, -0.25) is 0 Å². The van der Waals surface area contributed by atoms with Gasteiger partial charge in [0, 0.05) is 0 Å². The lowest BCUT2D eigenvalue weighted by atomic mass is 9.95. The van der Waals surface area contributed by atoms with Gasteiger partial charge in [-0.25, -0.2) is 0 Å². The van der Waals surface area contributed by atoms with Gasteiger partial charge in [0.2, 0.25) is 0 Å². The average molecular weight is 373 g/mol. The van der Waals surface area contributed by atoms with E-state index in [1.165, 1.54) is 121 Å². The van der Waals surface area contributed by atoms with Crippen molar-refractivity contribution >= 4 is 0 Å². The molecule has 0 heteroatoms. The summed E-state index contributed by atoms with van der Waals surface area (Å²) in [7, 11) is 0. The second-order valence-electron chi connectivity index (χ2n) is 8.72. The molecule has 27 heavy (non-hydrogen) atoms. The van der Waals surface area contributed by atoms with Crippen LogP contribution in [0.15, 0.2) is 18.2 Å². The van der Waals surface area contributed by atoms with E-state index in [0.717, 1.165) is 0 Å². The highest BCUT2D eigenvalue weighted by atomic mass is 14.1. The van der Waals surface area contributed by atoms with Crippen molar-refractivity contribution in [3.63, 3.8) is 0 Å². The Morgan fingerprint density at radius 3 is 1.37 bits per heavy atom. The fourth-order valence-corrected chi connectivity index (χ4v) is 4.13. The molecule has 0 aliphatic carbocycles. The summed E-state index contributed by atoms with van der Waals surface area (Å²) in [5.74, 6) is 0. The summed E-state index contributed by atoms with van der Waals surface area (Å²) in [6.45, 7) is 6.84. The highest BCUT2D eigenvalue weighted by molar-refractivity contribution is 5.31. The van der Waals surface area contributed by atoms with Gasteiger partial charge in [0.05, 0.1) is 0 Å². The molecular weight excluding hydrogens is 324 g/mol. The van der Waals surface area contributed by atoms with E-state index in [-0.39, 0.29) is 0 Å². The lowest BCUT2D eigenvalue weighted by Gasteiger charge is -2.11. The number of aryl methyl sites for hydroxylation is 3. The van der Waals surface area contributed by atoms with Gasteiger partial charge < -0.3 is 0 Å². The third kappa shape index (κ3) is 13.1. The maximum Gasteiger partial charge on any atom is -0.0276 e.